The van der Waals surface area contributed by atoms with E-state index in [4.69, 9.17) is 19.3 Å². The SMILES string of the molecule is CC[C@H]1O[C@@H](n2cc(C)c(=O)[nH]c2=O)C(OCCCNC(=O)C(F)(F)F)[C@H]1OC(=O)CCC(=O)O. The van der Waals surface area contributed by atoms with Crippen LogP contribution in [0.3, 0.4) is 0 Å². The minimum atomic E-state index is -5.03. The van der Waals surface area contributed by atoms with Gasteiger partial charge in [-0.25, -0.2) is 4.79 Å². The average molecular weight is 509 g/mol. The number of amides is 1. The highest BCUT2D eigenvalue weighted by molar-refractivity contribution is 5.81. The van der Waals surface area contributed by atoms with Crippen molar-refractivity contribution in [3.8, 4) is 0 Å². The normalized spacial score (nSPS) is 22.1. The van der Waals surface area contributed by atoms with Crippen LogP contribution < -0.4 is 16.6 Å². The third kappa shape index (κ3) is 7.65. The zero-order valence-corrected chi connectivity index (χ0v) is 18.9. The van der Waals surface area contributed by atoms with Gasteiger partial charge < -0.3 is 24.6 Å². The maximum absolute atomic E-state index is 12.4. The molecule has 1 fully saturated rings. The summed E-state index contributed by atoms with van der Waals surface area (Å²) in [5, 5.41) is 10.5. The first-order valence-electron chi connectivity index (χ1n) is 10.7. The second kappa shape index (κ2) is 12.0. The monoisotopic (exact) mass is 509 g/mol. The number of H-pyrrole nitrogens is 1. The molecule has 15 heteroatoms. The van der Waals surface area contributed by atoms with Crippen molar-refractivity contribution >= 4 is 17.8 Å². The Bertz CT molecular complexity index is 1040. The van der Waals surface area contributed by atoms with Crippen molar-refractivity contribution in [3.05, 3.63) is 32.6 Å². The number of nitrogens with zero attached hydrogens (tertiary/aromatic N) is 1. The molecule has 0 radical (unpaired) electrons. The van der Waals surface area contributed by atoms with Crippen LogP contribution in [0.4, 0.5) is 13.2 Å². The van der Waals surface area contributed by atoms with Crippen LogP contribution in [-0.4, -0.2) is 70.1 Å². The number of carbonyl (C=O) groups is 3. The van der Waals surface area contributed by atoms with Crippen LogP contribution in [0.15, 0.2) is 15.8 Å². The van der Waals surface area contributed by atoms with Gasteiger partial charge in [0.05, 0.1) is 18.9 Å². The number of carbonyl (C=O) groups excluding carboxylic acids is 2. The number of esters is 1. The summed E-state index contributed by atoms with van der Waals surface area (Å²) in [5.74, 6) is -4.17. The Morgan fingerprint density at radius 3 is 2.51 bits per heavy atom. The number of carboxylic acid groups (broad SMARTS) is 1. The van der Waals surface area contributed by atoms with E-state index in [2.05, 4.69) is 4.98 Å². The molecule has 0 aromatic carbocycles. The summed E-state index contributed by atoms with van der Waals surface area (Å²) in [4.78, 5) is 60.1. The van der Waals surface area contributed by atoms with Crippen molar-refractivity contribution in [2.75, 3.05) is 13.2 Å². The Morgan fingerprint density at radius 1 is 1.23 bits per heavy atom. The first kappa shape index (κ1) is 28.0. The Labute approximate surface area is 196 Å². The van der Waals surface area contributed by atoms with Gasteiger partial charge in [-0.15, -0.1) is 0 Å². The quantitative estimate of drug-likeness (QED) is 0.282. The molecule has 3 N–H and O–H groups in total. The Kier molecular flexibility index (Phi) is 9.59. The van der Waals surface area contributed by atoms with Crippen molar-refractivity contribution in [2.45, 2.75) is 70.2 Å². The molecular formula is C20H26F3N3O9. The lowest BCUT2D eigenvalue weighted by Gasteiger charge is -2.25. The molecule has 1 aromatic heterocycles. The number of ether oxygens (including phenoxy) is 3. The number of hydrogen-bond acceptors (Lipinski definition) is 8. The lowest BCUT2D eigenvalue weighted by Crippen LogP contribution is -2.42. The first-order valence-corrected chi connectivity index (χ1v) is 10.7. The summed E-state index contributed by atoms with van der Waals surface area (Å²) in [6.45, 7) is 2.58. The zero-order valence-electron chi connectivity index (χ0n) is 18.9. The number of hydrogen-bond donors (Lipinski definition) is 3. The molecule has 1 unspecified atom stereocenters. The standard InChI is InChI=1S/C20H26F3N3O9/c1-3-11-14(35-13(29)6-5-12(27)28)15(33-8-4-7-24-18(31)20(21,22)23)17(34-11)26-9-10(2)16(30)25-19(26)32/h9,11,14-15,17H,3-8H2,1-2H3,(H,24,31)(H,27,28)(H,25,30,32)/t11-,14+,15?,17-/m1/s1. The van der Waals surface area contributed by atoms with Crippen molar-refractivity contribution < 1.29 is 46.9 Å². The summed E-state index contributed by atoms with van der Waals surface area (Å²) < 4.78 is 55.0. The van der Waals surface area contributed by atoms with Gasteiger partial charge in [0, 0.05) is 24.9 Å². The van der Waals surface area contributed by atoms with Crippen LogP contribution in [0, 0.1) is 6.92 Å². The number of aryl methyl sites for hydroxylation is 1. The fraction of sp³-hybridized carbons (Fsp3) is 0.650. The van der Waals surface area contributed by atoms with Gasteiger partial charge >= 0.3 is 29.7 Å². The van der Waals surface area contributed by atoms with Crippen LogP contribution in [0.25, 0.3) is 0 Å². The van der Waals surface area contributed by atoms with Gasteiger partial charge in [-0.2, -0.15) is 13.2 Å². The number of aromatic amines is 1. The molecule has 12 nitrogen and oxygen atoms in total. The number of rotatable bonds is 11. The van der Waals surface area contributed by atoms with E-state index < -0.39 is 72.7 Å². The maximum Gasteiger partial charge on any atom is 0.471 e. The topological polar surface area (TPSA) is 166 Å². The predicted octanol–water partition coefficient (Wildman–Crippen LogP) is 0.383. The van der Waals surface area contributed by atoms with Crippen molar-refractivity contribution in [1.82, 2.24) is 14.9 Å². The lowest BCUT2D eigenvalue weighted by atomic mass is 10.1. The molecular weight excluding hydrogens is 483 g/mol. The largest absolute Gasteiger partial charge is 0.481 e. The van der Waals surface area contributed by atoms with Crippen LogP contribution in [-0.2, 0) is 28.6 Å². The third-order valence-corrected chi connectivity index (χ3v) is 5.09. The summed E-state index contributed by atoms with van der Waals surface area (Å²) in [6.07, 6.45) is -8.63. The third-order valence-electron chi connectivity index (χ3n) is 5.09. The number of aliphatic carboxylic acids is 1. The minimum absolute atomic E-state index is 0.0545. The highest BCUT2D eigenvalue weighted by Crippen LogP contribution is 2.35. The summed E-state index contributed by atoms with van der Waals surface area (Å²) in [7, 11) is 0. The highest BCUT2D eigenvalue weighted by Gasteiger charge is 2.48. The van der Waals surface area contributed by atoms with E-state index in [1.807, 2.05) is 0 Å². The average Bonchev–Trinajstić information content (AvgIpc) is 3.10. The van der Waals surface area contributed by atoms with Crippen molar-refractivity contribution in [1.29, 1.82) is 0 Å². The molecule has 2 rings (SSSR count). The first-order chi connectivity index (χ1) is 16.3. The van der Waals surface area contributed by atoms with E-state index >= 15 is 0 Å². The van der Waals surface area contributed by atoms with E-state index in [1.54, 1.807) is 12.2 Å². The molecule has 1 saturated heterocycles. The molecule has 1 amide bonds. The molecule has 0 bridgehead atoms. The molecule has 0 spiro atoms. The van der Waals surface area contributed by atoms with E-state index in [1.165, 1.54) is 13.1 Å². The molecule has 1 aromatic rings. The van der Waals surface area contributed by atoms with Crippen molar-refractivity contribution in [2.24, 2.45) is 0 Å². The van der Waals surface area contributed by atoms with E-state index in [-0.39, 0.29) is 25.1 Å². The zero-order chi connectivity index (χ0) is 26.3. The fourth-order valence-electron chi connectivity index (χ4n) is 3.37. The van der Waals surface area contributed by atoms with Crippen LogP contribution in [0.1, 0.15) is 44.4 Å². The number of nitrogens with one attached hydrogen (secondary N) is 2. The Hall–Kier alpha value is -3.20. The van der Waals surface area contributed by atoms with Gasteiger partial charge in [-0.1, -0.05) is 6.92 Å². The van der Waals surface area contributed by atoms with Crippen LogP contribution >= 0.6 is 0 Å². The molecule has 2 heterocycles. The van der Waals surface area contributed by atoms with E-state index in [9.17, 15) is 37.1 Å². The predicted molar refractivity (Wildman–Crippen MR) is 110 cm³/mol. The lowest BCUT2D eigenvalue weighted by molar-refractivity contribution is -0.173. The van der Waals surface area contributed by atoms with Gasteiger partial charge in [0.15, 0.2) is 12.3 Å². The summed E-state index contributed by atoms with van der Waals surface area (Å²) in [5.41, 5.74) is -1.27. The molecule has 0 aliphatic carbocycles. The van der Waals surface area contributed by atoms with Gasteiger partial charge in [-0.05, 0) is 19.8 Å². The summed E-state index contributed by atoms with van der Waals surface area (Å²) >= 11 is 0. The second-order valence-corrected chi connectivity index (χ2v) is 7.74. The number of alkyl halides is 3. The Morgan fingerprint density at radius 2 is 1.91 bits per heavy atom. The molecule has 0 saturated carbocycles. The van der Waals surface area contributed by atoms with Crippen LogP contribution in [0.5, 0.6) is 0 Å². The number of halogens is 3. The van der Waals surface area contributed by atoms with Gasteiger partial charge in [-0.3, -0.25) is 28.7 Å². The van der Waals surface area contributed by atoms with E-state index in [0.29, 0.717) is 6.42 Å². The molecule has 196 valence electrons. The molecule has 1 aliphatic heterocycles. The molecule has 35 heavy (non-hydrogen) atoms. The number of carboxylic acids is 1. The fourth-order valence-corrected chi connectivity index (χ4v) is 3.37. The maximum atomic E-state index is 12.4. The van der Waals surface area contributed by atoms with E-state index in [0.717, 1.165) is 4.57 Å². The Balaban J connectivity index is 2.21. The summed E-state index contributed by atoms with van der Waals surface area (Å²) in [6, 6.07) is 0. The second-order valence-electron chi connectivity index (χ2n) is 7.74. The molecule has 1 aliphatic rings. The van der Waals surface area contributed by atoms with Crippen LogP contribution in [0.2, 0.25) is 0 Å². The minimum Gasteiger partial charge on any atom is -0.481 e. The highest BCUT2D eigenvalue weighted by atomic mass is 19.4. The smallest absolute Gasteiger partial charge is 0.471 e. The van der Waals surface area contributed by atoms with Gasteiger partial charge in [0.2, 0.25) is 0 Å². The van der Waals surface area contributed by atoms with Gasteiger partial charge in [0.1, 0.15) is 6.10 Å². The number of aromatic nitrogens is 2. The van der Waals surface area contributed by atoms with Gasteiger partial charge in [0.25, 0.3) is 5.56 Å². The van der Waals surface area contributed by atoms with Crippen molar-refractivity contribution in [3.63, 3.8) is 0 Å². The molecule has 4 atom stereocenters.